The summed E-state index contributed by atoms with van der Waals surface area (Å²) < 4.78 is 21.4. The topological polar surface area (TPSA) is 54.0 Å². The van der Waals surface area contributed by atoms with Crippen molar-refractivity contribution in [2.24, 2.45) is 0 Å². The maximum atomic E-state index is 11.8. The van der Waals surface area contributed by atoms with E-state index < -0.39 is 0 Å². The van der Waals surface area contributed by atoms with E-state index in [1.165, 1.54) is 0 Å². The highest BCUT2D eigenvalue weighted by Gasteiger charge is 2.09. The maximum Gasteiger partial charge on any atom is 0.339 e. The molecule has 0 bridgehead atoms. The lowest BCUT2D eigenvalue weighted by atomic mass is 10.2. The van der Waals surface area contributed by atoms with Crippen LogP contribution in [0.3, 0.4) is 0 Å². The predicted octanol–water partition coefficient (Wildman–Crippen LogP) is 2.13. The highest BCUT2D eigenvalue weighted by atomic mass is 127. The molecule has 0 unspecified atom stereocenters. The van der Waals surface area contributed by atoms with E-state index in [9.17, 15) is 4.79 Å². The number of hydrogen-bond donors (Lipinski definition) is 0. The van der Waals surface area contributed by atoms with Gasteiger partial charge in [0.05, 0.1) is 38.6 Å². The molecule has 0 fully saturated rings. The van der Waals surface area contributed by atoms with Crippen molar-refractivity contribution < 1.29 is 23.7 Å². The minimum atomic E-state index is -0.324. The third kappa shape index (κ3) is 7.18. The average molecular weight is 394 g/mol. The lowest BCUT2D eigenvalue weighted by Gasteiger charge is -2.07. The van der Waals surface area contributed by atoms with E-state index >= 15 is 0 Å². The van der Waals surface area contributed by atoms with Gasteiger partial charge in [0.25, 0.3) is 0 Å². The summed E-state index contributed by atoms with van der Waals surface area (Å²) in [5.41, 5.74) is 0.580. The molecule has 0 atom stereocenters. The van der Waals surface area contributed by atoms with Crippen molar-refractivity contribution in [3.05, 3.63) is 33.4 Å². The van der Waals surface area contributed by atoms with Gasteiger partial charge in [-0.15, -0.1) is 0 Å². The molecule has 112 valence electrons. The Kier molecular flexibility index (Phi) is 9.56. The fourth-order valence-electron chi connectivity index (χ4n) is 1.36. The first-order valence-corrected chi connectivity index (χ1v) is 7.39. The molecule has 1 aromatic carbocycles. The molecule has 1 aromatic rings. The summed E-state index contributed by atoms with van der Waals surface area (Å²) in [4.78, 5) is 11.8. The second-order valence-corrected chi connectivity index (χ2v) is 5.00. The van der Waals surface area contributed by atoms with Gasteiger partial charge in [0.2, 0.25) is 0 Å². The Balaban J connectivity index is 2.04. The summed E-state index contributed by atoms with van der Waals surface area (Å²) in [6.45, 7) is 2.72. The van der Waals surface area contributed by atoms with Crippen LogP contribution in [0.25, 0.3) is 0 Å². The zero-order valence-electron chi connectivity index (χ0n) is 11.5. The number of methoxy groups -OCH3 is 1. The van der Waals surface area contributed by atoms with Gasteiger partial charge in [0, 0.05) is 10.7 Å². The molecule has 20 heavy (non-hydrogen) atoms. The highest BCUT2D eigenvalue weighted by Crippen LogP contribution is 2.12. The Morgan fingerprint density at radius 1 is 1.00 bits per heavy atom. The number of ether oxygens (including phenoxy) is 4. The van der Waals surface area contributed by atoms with Gasteiger partial charge >= 0.3 is 5.97 Å². The Morgan fingerprint density at radius 2 is 1.60 bits per heavy atom. The standard InChI is InChI=1S/C14H19IO5/c1-17-6-7-18-8-9-19-10-11-20-14(16)12-4-2-3-5-13(12)15/h2-5H,6-11H2,1H3. The first kappa shape index (κ1) is 17.4. The Hall–Kier alpha value is -0.700. The number of benzene rings is 1. The quantitative estimate of drug-likeness (QED) is 0.346. The van der Waals surface area contributed by atoms with E-state index in [0.29, 0.717) is 38.6 Å². The van der Waals surface area contributed by atoms with E-state index in [-0.39, 0.29) is 12.6 Å². The molecule has 6 heteroatoms. The van der Waals surface area contributed by atoms with Crippen LogP contribution < -0.4 is 0 Å². The second-order valence-electron chi connectivity index (χ2n) is 3.83. The van der Waals surface area contributed by atoms with Gasteiger partial charge in [-0.2, -0.15) is 0 Å². The molecule has 5 nitrogen and oxygen atoms in total. The minimum absolute atomic E-state index is 0.238. The molecule has 0 saturated heterocycles. The molecule has 0 saturated carbocycles. The first-order chi connectivity index (χ1) is 9.75. The SMILES string of the molecule is COCCOCCOCCOC(=O)c1ccccc1I. The fraction of sp³-hybridized carbons (Fsp3) is 0.500. The van der Waals surface area contributed by atoms with Crippen LogP contribution in [0.4, 0.5) is 0 Å². The number of halogens is 1. The van der Waals surface area contributed by atoms with E-state index in [1.54, 1.807) is 13.2 Å². The number of rotatable bonds is 10. The normalized spacial score (nSPS) is 10.5. The summed E-state index contributed by atoms with van der Waals surface area (Å²) in [5.74, 6) is -0.324. The molecule has 0 aliphatic rings. The van der Waals surface area contributed by atoms with Crippen LogP contribution in [0.1, 0.15) is 10.4 Å². The summed E-state index contributed by atoms with van der Waals surface area (Å²) >= 11 is 2.11. The lowest BCUT2D eigenvalue weighted by Crippen LogP contribution is -2.14. The number of carbonyl (C=O) groups is 1. The van der Waals surface area contributed by atoms with Crippen molar-refractivity contribution in [1.82, 2.24) is 0 Å². The molecule has 0 heterocycles. The van der Waals surface area contributed by atoms with Crippen LogP contribution in [0.5, 0.6) is 0 Å². The Morgan fingerprint density at radius 3 is 2.25 bits per heavy atom. The molecule has 0 aliphatic carbocycles. The Bertz CT molecular complexity index is 397. The first-order valence-electron chi connectivity index (χ1n) is 6.31. The van der Waals surface area contributed by atoms with Gasteiger partial charge in [-0.05, 0) is 34.7 Å². The smallest absolute Gasteiger partial charge is 0.339 e. The second kappa shape index (κ2) is 11.0. The van der Waals surface area contributed by atoms with Crippen LogP contribution >= 0.6 is 22.6 Å². The van der Waals surface area contributed by atoms with Crippen LogP contribution in [-0.2, 0) is 18.9 Å². The average Bonchev–Trinajstić information content (AvgIpc) is 2.46. The van der Waals surface area contributed by atoms with Crippen molar-refractivity contribution in [2.75, 3.05) is 46.8 Å². The molecule has 0 radical (unpaired) electrons. The van der Waals surface area contributed by atoms with Crippen molar-refractivity contribution in [3.63, 3.8) is 0 Å². The van der Waals surface area contributed by atoms with Crippen LogP contribution in [0.2, 0.25) is 0 Å². The molecule has 0 amide bonds. The van der Waals surface area contributed by atoms with Gasteiger partial charge in [0.1, 0.15) is 6.61 Å². The molecule has 0 aromatic heterocycles. The molecular weight excluding hydrogens is 375 g/mol. The Labute approximate surface area is 132 Å². The van der Waals surface area contributed by atoms with Gasteiger partial charge in [0.15, 0.2) is 0 Å². The largest absolute Gasteiger partial charge is 0.460 e. The molecule has 0 aliphatic heterocycles. The van der Waals surface area contributed by atoms with Crippen LogP contribution in [0.15, 0.2) is 24.3 Å². The van der Waals surface area contributed by atoms with E-state index in [1.807, 2.05) is 18.2 Å². The van der Waals surface area contributed by atoms with E-state index in [4.69, 9.17) is 18.9 Å². The zero-order valence-corrected chi connectivity index (χ0v) is 13.6. The third-order valence-corrected chi connectivity index (χ3v) is 3.30. The number of esters is 1. The summed E-state index contributed by atoms with van der Waals surface area (Å²) in [5, 5.41) is 0. The van der Waals surface area contributed by atoms with Crippen LogP contribution in [0, 0.1) is 3.57 Å². The van der Waals surface area contributed by atoms with Gasteiger partial charge < -0.3 is 18.9 Å². The predicted molar refractivity (Wildman–Crippen MR) is 83.0 cm³/mol. The number of carbonyl (C=O) groups excluding carboxylic acids is 1. The molecule has 0 spiro atoms. The molecule has 1 rings (SSSR count). The van der Waals surface area contributed by atoms with Crippen LogP contribution in [-0.4, -0.2) is 52.7 Å². The van der Waals surface area contributed by atoms with Crippen molar-refractivity contribution >= 4 is 28.6 Å². The highest BCUT2D eigenvalue weighted by molar-refractivity contribution is 14.1. The maximum absolute atomic E-state index is 11.8. The van der Waals surface area contributed by atoms with Gasteiger partial charge in [-0.1, -0.05) is 12.1 Å². The fourth-order valence-corrected chi connectivity index (χ4v) is 1.97. The third-order valence-electron chi connectivity index (χ3n) is 2.36. The lowest BCUT2D eigenvalue weighted by molar-refractivity contribution is 0.00566. The van der Waals surface area contributed by atoms with Gasteiger partial charge in [-0.25, -0.2) is 4.79 Å². The summed E-state index contributed by atoms with van der Waals surface area (Å²) in [7, 11) is 1.63. The monoisotopic (exact) mass is 394 g/mol. The summed E-state index contributed by atoms with van der Waals surface area (Å²) in [6, 6.07) is 7.30. The van der Waals surface area contributed by atoms with Crippen molar-refractivity contribution in [3.8, 4) is 0 Å². The number of hydrogen-bond acceptors (Lipinski definition) is 5. The molecule has 0 N–H and O–H groups in total. The summed E-state index contributed by atoms with van der Waals surface area (Å²) in [6.07, 6.45) is 0. The van der Waals surface area contributed by atoms with Crippen molar-refractivity contribution in [2.45, 2.75) is 0 Å². The zero-order chi connectivity index (χ0) is 14.6. The van der Waals surface area contributed by atoms with E-state index in [0.717, 1.165) is 3.57 Å². The molecular formula is C14H19IO5. The minimum Gasteiger partial charge on any atom is -0.460 e. The van der Waals surface area contributed by atoms with Gasteiger partial charge in [-0.3, -0.25) is 0 Å². The van der Waals surface area contributed by atoms with Crippen molar-refractivity contribution in [1.29, 1.82) is 0 Å². The van der Waals surface area contributed by atoms with E-state index in [2.05, 4.69) is 22.6 Å².